The molecular weight excluding hydrogens is 336 g/mol. The van der Waals surface area contributed by atoms with E-state index in [-0.39, 0.29) is 17.8 Å². The zero-order chi connectivity index (χ0) is 18.1. The molecule has 4 rings (SSSR count). The van der Waals surface area contributed by atoms with Gasteiger partial charge in [-0.25, -0.2) is 9.67 Å². The van der Waals surface area contributed by atoms with Crippen molar-refractivity contribution in [2.45, 2.75) is 37.8 Å². The molecule has 3 aromatic rings. The number of nitro benzene ring substituents is 1. The molecule has 0 radical (unpaired) electrons. The maximum absolute atomic E-state index is 11.0. The summed E-state index contributed by atoms with van der Waals surface area (Å²) in [6, 6.07) is 6.55. The first-order chi connectivity index (χ1) is 12.6. The molecule has 9 nitrogen and oxygen atoms in total. The summed E-state index contributed by atoms with van der Waals surface area (Å²) in [5, 5.41) is 29.0. The quantitative estimate of drug-likeness (QED) is 0.545. The number of aliphatic hydroxyl groups excluding tert-OH is 1. The van der Waals surface area contributed by atoms with Crippen LogP contribution in [0.3, 0.4) is 0 Å². The molecule has 0 bridgehead atoms. The molecule has 2 heterocycles. The normalized spacial score (nSPS) is 20.2. The Bertz CT molecular complexity index is 949. The molecule has 134 valence electrons. The molecule has 2 N–H and O–H groups in total. The van der Waals surface area contributed by atoms with E-state index in [1.165, 1.54) is 12.1 Å². The minimum Gasteiger partial charge on any atom is -0.393 e. The maximum atomic E-state index is 11.0. The first-order valence-electron chi connectivity index (χ1n) is 8.50. The third-order valence-electron chi connectivity index (χ3n) is 4.65. The Hall–Kier alpha value is -3.07. The minimum atomic E-state index is -0.429. The predicted octanol–water partition coefficient (Wildman–Crippen LogP) is 2.44. The highest BCUT2D eigenvalue weighted by atomic mass is 16.6. The number of nitrogens with one attached hydrogen (secondary N) is 1. The van der Waals surface area contributed by atoms with E-state index in [0.29, 0.717) is 17.3 Å². The number of nitrogens with zero attached hydrogens (tertiary/aromatic N) is 5. The highest BCUT2D eigenvalue weighted by Crippen LogP contribution is 2.24. The Labute approximate surface area is 148 Å². The highest BCUT2D eigenvalue weighted by Gasteiger charge is 2.20. The van der Waals surface area contributed by atoms with E-state index in [1.807, 2.05) is 0 Å². The summed E-state index contributed by atoms with van der Waals surface area (Å²) in [6.45, 7) is 0. The van der Waals surface area contributed by atoms with Crippen molar-refractivity contribution in [3.05, 3.63) is 46.8 Å². The number of aromatic nitrogens is 4. The zero-order valence-electron chi connectivity index (χ0n) is 13.9. The van der Waals surface area contributed by atoms with Crippen molar-refractivity contribution in [3.63, 3.8) is 0 Å². The Morgan fingerprint density at radius 1 is 1.23 bits per heavy atom. The number of aliphatic hydroxyl groups is 1. The summed E-state index contributed by atoms with van der Waals surface area (Å²) in [5.41, 5.74) is 0.622. The number of hydrogen-bond donors (Lipinski definition) is 2. The molecule has 1 aliphatic carbocycles. The van der Waals surface area contributed by atoms with Crippen molar-refractivity contribution in [2.75, 3.05) is 5.32 Å². The second-order valence-electron chi connectivity index (χ2n) is 6.44. The Morgan fingerprint density at radius 2 is 2.04 bits per heavy atom. The molecule has 9 heteroatoms. The van der Waals surface area contributed by atoms with Crippen molar-refractivity contribution in [2.24, 2.45) is 0 Å². The fourth-order valence-corrected chi connectivity index (χ4v) is 3.24. The highest BCUT2D eigenvalue weighted by molar-refractivity contribution is 5.82. The third-order valence-corrected chi connectivity index (χ3v) is 4.65. The molecule has 1 aliphatic rings. The Balaban J connectivity index is 1.63. The number of nitro groups is 1. The molecule has 0 unspecified atom stereocenters. The van der Waals surface area contributed by atoms with Gasteiger partial charge in [-0.2, -0.15) is 10.1 Å². The van der Waals surface area contributed by atoms with E-state index in [0.717, 1.165) is 31.1 Å². The van der Waals surface area contributed by atoms with Crippen LogP contribution in [-0.2, 0) is 0 Å². The number of non-ortho nitro benzene ring substituents is 1. The summed E-state index contributed by atoms with van der Waals surface area (Å²) in [7, 11) is 0. The van der Waals surface area contributed by atoms with Crippen molar-refractivity contribution in [1.82, 2.24) is 19.7 Å². The summed E-state index contributed by atoms with van der Waals surface area (Å²) < 4.78 is 1.57. The number of benzene rings is 1. The SMILES string of the molecule is O=[N+]([O-])c1ccc2cnn(-c3ccnc(NC4CCC(O)CC4)n3)c2c1. The van der Waals surface area contributed by atoms with E-state index in [4.69, 9.17) is 0 Å². The third kappa shape index (κ3) is 3.21. The van der Waals surface area contributed by atoms with Crippen LogP contribution in [0.5, 0.6) is 0 Å². The second kappa shape index (κ2) is 6.68. The lowest BCUT2D eigenvalue weighted by Gasteiger charge is -2.26. The fourth-order valence-electron chi connectivity index (χ4n) is 3.24. The summed E-state index contributed by atoms with van der Waals surface area (Å²) >= 11 is 0. The largest absolute Gasteiger partial charge is 0.393 e. The lowest BCUT2D eigenvalue weighted by atomic mass is 9.93. The van der Waals surface area contributed by atoms with Gasteiger partial charge in [-0.15, -0.1) is 0 Å². The summed E-state index contributed by atoms with van der Waals surface area (Å²) in [5.74, 6) is 1.02. The summed E-state index contributed by atoms with van der Waals surface area (Å²) in [4.78, 5) is 19.4. The minimum absolute atomic E-state index is 0.00687. The average molecular weight is 354 g/mol. The van der Waals surface area contributed by atoms with Crippen LogP contribution in [0.4, 0.5) is 11.6 Å². The first kappa shape index (κ1) is 16.4. The van der Waals surface area contributed by atoms with Gasteiger partial charge in [0, 0.05) is 35.8 Å². The molecule has 0 aliphatic heterocycles. The maximum Gasteiger partial charge on any atom is 0.271 e. The van der Waals surface area contributed by atoms with Gasteiger partial charge in [0.05, 0.1) is 22.7 Å². The van der Waals surface area contributed by atoms with Gasteiger partial charge in [0.25, 0.3) is 5.69 Å². The van der Waals surface area contributed by atoms with E-state index in [9.17, 15) is 15.2 Å². The fraction of sp³-hybridized carbons (Fsp3) is 0.353. The van der Waals surface area contributed by atoms with Gasteiger partial charge in [0.1, 0.15) is 0 Å². The van der Waals surface area contributed by atoms with Gasteiger partial charge in [-0.05, 0) is 31.7 Å². The van der Waals surface area contributed by atoms with E-state index in [2.05, 4.69) is 20.4 Å². The first-order valence-corrected chi connectivity index (χ1v) is 8.50. The topological polar surface area (TPSA) is 119 Å². The zero-order valence-corrected chi connectivity index (χ0v) is 13.9. The van der Waals surface area contributed by atoms with Crippen molar-refractivity contribution < 1.29 is 10.0 Å². The Morgan fingerprint density at radius 3 is 2.81 bits per heavy atom. The lowest BCUT2D eigenvalue weighted by molar-refractivity contribution is -0.384. The number of hydrogen-bond acceptors (Lipinski definition) is 7. The van der Waals surface area contributed by atoms with Crippen LogP contribution in [0, 0.1) is 10.1 Å². The van der Waals surface area contributed by atoms with E-state index < -0.39 is 4.92 Å². The van der Waals surface area contributed by atoms with Gasteiger partial charge in [-0.1, -0.05) is 0 Å². The smallest absolute Gasteiger partial charge is 0.271 e. The number of fused-ring (bicyclic) bond motifs is 1. The van der Waals surface area contributed by atoms with Crippen LogP contribution in [0.1, 0.15) is 25.7 Å². The monoisotopic (exact) mass is 354 g/mol. The van der Waals surface area contributed by atoms with Crippen LogP contribution in [0.15, 0.2) is 36.7 Å². The van der Waals surface area contributed by atoms with Gasteiger partial charge in [0.15, 0.2) is 5.82 Å². The molecule has 26 heavy (non-hydrogen) atoms. The predicted molar refractivity (Wildman–Crippen MR) is 95.2 cm³/mol. The van der Waals surface area contributed by atoms with Gasteiger partial charge in [-0.3, -0.25) is 10.1 Å². The molecule has 0 atom stereocenters. The van der Waals surface area contributed by atoms with Crippen molar-refractivity contribution in [3.8, 4) is 5.82 Å². The molecule has 0 saturated heterocycles. The molecular formula is C17H18N6O3. The molecule has 1 aromatic carbocycles. The van der Waals surface area contributed by atoms with E-state index in [1.54, 1.807) is 29.2 Å². The molecule has 1 saturated carbocycles. The Kier molecular flexibility index (Phi) is 4.21. The molecule has 1 fully saturated rings. The van der Waals surface area contributed by atoms with Gasteiger partial charge < -0.3 is 10.4 Å². The molecule has 0 spiro atoms. The van der Waals surface area contributed by atoms with Crippen molar-refractivity contribution in [1.29, 1.82) is 0 Å². The summed E-state index contributed by atoms with van der Waals surface area (Å²) in [6.07, 6.45) is 6.34. The van der Waals surface area contributed by atoms with Crippen molar-refractivity contribution >= 4 is 22.5 Å². The average Bonchev–Trinajstić information content (AvgIpc) is 3.07. The van der Waals surface area contributed by atoms with Crippen LogP contribution >= 0.6 is 0 Å². The standard InChI is InChI=1S/C17H18N6O3/c24-14-5-2-12(3-6-14)20-17-18-8-7-16(21-17)22-15-9-13(23(25)26)4-1-11(15)10-19-22/h1,4,7-10,12,14,24H,2-3,5-6H2,(H,18,20,21). The lowest BCUT2D eigenvalue weighted by Crippen LogP contribution is -2.29. The van der Waals surface area contributed by atoms with Crippen LogP contribution in [0.25, 0.3) is 16.7 Å². The van der Waals surface area contributed by atoms with Gasteiger partial charge >= 0.3 is 0 Å². The number of anilines is 1. The molecule has 2 aromatic heterocycles. The van der Waals surface area contributed by atoms with Crippen LogP contribution < -0.4 is 5.32 Å². The van der Waals surface area contributed by atoms with E-state index >= 15 is 0 Å². The second-order valence-corrected chi connectivity index (χ2v) is 6.44. The number of rotatable bonds is 4. The molecule has 0 amide bonds. The van der Waals surface area contributed by atoms with Crippen LogP contribution in [0.2, 0.25) is 0 Å². The van der Waals surface area contributed by atoms with Gasteiger partial charge in [0.2, 0.25) is 5.95 Å². The van der Waals surface area contributed by atoms with Crippen LogP contribution in [-0.4, -0.2) is 41.9 Å².